The Bertz CT molecular complexity index is 1080. The van der Waals surface area contributed by atoms with Gasteiger partial charge in [-0.2, -0.15) is 0 Å². The maximum Gasteiger partial charge on any atom is 0.430 e. The number of H-pyrrole nitrogens is 1. The van der Waals surface area contributed by atoms with Crippen molar-refractivity contribution in [1.82, 2.24) is 14.5 Å². The summed E-state index contributed by atoms with van der Waals surface area (Å²) in [6.45, 7) is 1.11. The van der Waals surface area contributed by atoms with E-state index < -0.39 is 44.0 Å². The molecule has 0 radical (unpaired) electrons. The van der Waals surface area contributed by atoms with Crippen LogP contribution in [0.15, 0.2) is 45.4 Å². The van der Waals surface area contributed by atoms with Crippen molar-refractivity contribution in [1.29, 1.82) is 0 Å². The molecule has 3 N–H and O–H groups in total. The Kier molecular flexibility index (Phi) is 6.16. The third kappa shape index (κ3) is 4.91. The summed E-state index contributed by atoms with van der Waals surface area (Å²) in [6, 6.07) is 2.29. The zero-order valence-corrected chi connectivity index (χ0v) is 16.1. The van der Waals surface area contributed by atoms with E-state index in [1.165, 1.54) is 31.6 Å². The van der Waals surface area contributed by atoms with E-state index in [2.05, 4.69) is 25.1 Å². The number of nitrogens with one attached hydrogen (secondary N) is 2. The van der Waals surface area contributed by atoms with Gasteiger partial charge in [0.2, 0.25) is 0 Å². The maximum absolute atomic E-state index is 12.3. The summed E-state index contributed by atoms with van der Waals surface area (Å²) in [5.74, 6) is 0. The largest absolute Gasteiger partial charge is 0.430 e. The Labute approximate surface area is 163 Å². The van der Waals surface area contributed by atoms with Gasteiger partial charge in [-0.3, -0.25) is 19.4 Å². The first-order chi connectivity index (χ1) is 13.8. The third-order valence-electron chi connectivity index (χ3n) is 4.22. The van der Waals surface area contributed by atoms with Gasteiger partial charge in [-0.15, -0.1) is 0 Å². The molecule has 1 aliphatic heterocycles. The zero-order valence-electron chi connectivity index (χ0n) is 15.2. The number of ether oxygens (including phenoxy) is 1. The highest BCUT2D eigenvalue weighted by Crippen LogP contribution is 2.43. The number of aryl methyl sites for hydroxylation is 1. The number of hydrogen-bond donors (Lipinski definition) is 3. The van der Waals surface area contributed by atoms with Crippen molar-refractivity contribution < 1.29 is 18.7 Å². The summed E-state index contributed by atoms with van der Waals surface area (Å²) >= 11 is 0. The third-order valence-corrected chi connectivity index (χ3v) is 5.26. The molecule has 14 heteroatoms. The Morgan fingerprint density at radius 2 is 2.38 bits per heavy atom. The molecule has 2 aromatic rings. The molecule has 1 unspecified atom stereocenters. The van der Waals surface area contributed by atoms with Gasteiger partial charge in [0.1, 0.15) is 6.23 Å². The monoisotopic (exact) mass is 423 g/mol. The van der Waals surface area contributed by atoms with Gasteiger partial charge >= 0.3 is 13.4 Å². The highest BCUT2D eigenvalue weighted by Gasteiger charge is 2.38. The molecule has 1 fully saturated rings. The van der Waals surface area contributed by atoms with Gasteiger partial charge in [-0.1, -0.05) is 5.11 Å². The molecule has 4 atom stereocenters. The number of azide groups is 1. The Morgan fingerprint density at radius 3 is 3.07 bits per heavy atom. The van der Waals surface area contributed by atoms with E-state index in [4.69, 9.17) is 14.8 Å². The van der Waals surface area contributed by atoms with Crippen LogP contribution in [0.3, 0.4) is 0 Å². The molecule has 2 aromatic heterocycles. The maximum atomic E-state index is 12.3. The lowest BCUT2D eigenvalue weighted by Gasteiger charge is -2.19. The SMILES string of the molecule is Cc1c[nH]c(=O)n([C@H]2C[C@H](N=[N+]=[N-])[C@@H](COP(=O)(O)Nc3cccnc3)O2)c1=O. The summed E-state index contributed by atoms with van der Waals surface area (Å²) in [5.41, 5.74) is 8.12. The summed E-state index contributed by atoms with van der Waals surface area (Å²) in [4.78, 5) is 43.3. The topological polar surface area (TPSA) is 184 Å². The standard InChI is InChI=1S/C15H18N7O6P/c1-9-6-18-15(24)22(14(9)23)13-5-11(19-21-16)12(28-13)8-27-29(25,26)20-10-3-2-4-17-7-10/h2-4,6-7,11-13H,5,8H2,1H3,(H,18,24)(H2,20,25,26)/t11-,12+,13+/m0/s1. The van der Waals surface area contributed by atoms with E-state index in [9.17, 15) is 19.0 Å². The van der Waals surface area contributed by atoms with E-state index in [1.807, 2.05) is 0 Å². The predicted molar refractivity (Wildman–Crippen MR) is 101 cm³/mol. The first-order valence-electron chi connectivity index (χ1n) is 8.47. The molecule has 0 bridgehead atoms. The molecule has 154 valence electrons. The molecule has 0 saturated carbocycles. The molecule has 1 aliphatic rings. The van der Waals surface area contributed by atoms with Crippen LogP contribution >= 0.6 is 7.75 Å². The number of pyridine rings is 1. The minimum atomic E-state index is -4.27. The zero-order chi connectivity index (χ0) is 21.0. The quantitative estimate of drug-likeness (QED) is 0.258. The predicted octanol–water partition coefficient (Wildman–Crippen LogP) is 1.44. The van der Waals surface area contributed by atoms with Crippen LogP contribution in [0.1, 0.15) is 18.2 Å². The molecule has 3 heterocycles. The molecule has 29 heavy (non-hydrogen) atoms. The van der Waals surface area contributed by atoms with E-state index >= 15 is 0 Å². The van der Waals surface area contributed by atoms with Crippen LogP contribution in [0.5, 0.6) is 0 Å². The fourth-order valence-electron chi connectivity index (χ4n) is 2.85. The van der Waals surface area contributed by atoms with E-state index in [-0.39, 0.29) is 12.1 Å². The molecule has 0 aliphatic carbocycles. The van der Waals surface area contributed by atoms with Crippen LogP contribution in [0.2, 0.25) is 0 Å². The van der Waals surface area contributed by atoms with Gasteiger partial charge in [-0.05, 0) is 24.6 Å². The first kappa shape index (κ1) is 20.8. The number of anilines is 1. The number of aromatic amines is 1. The Morgan fingerprint density at radius 1 is 1.59 bits per heavy atom. The second-order valence-electron chi connectivity index (χ2n) is 6.26. The van der Waals surface area contributed by atoms with Gasteiger partial charge < -0.3 is 14.6 Å². The Balaban J connectivity index is 1.74. The highest BCUT2D eigenvalue weighted by atomic mass is 31.2. The summed E-state index contributed by atoms with van der Waals surface area (Å²) in [6.07, 6.45) is 2.19. The number of aromatic nitrogens is 3. The molecule has 0 amide bonds. The minimum absolute atomic E-state index is 0.0241. The van der Waals surface area contributed by atoms with E-state index in [1.54, 1.807) is 6.07 Å². The lowest BCUT2D eigenvalue weighted by molar-refractivity contribution is -0.0251. The highest BCUT2D eigenvalue weighted by molar-refractivity contribution is 7.54. The second kappa shape index (κ2) is 8.60. The summed E-state index contributed by atoms with van der Waals surface area (Å²) in [5, 5.41) is 5.91. The van der Waals surface area contributed by atoms with Gasteiger partial charge in [0, 0.05) is 29.3 Å². The lowest BCUT2D eigenvalue weighted by atomic mass is 10.1. The number of nitrogens with zero attached hydrogens (tertiary/aromatic N) is 5. The average molecular weight is 423 g/mol. The molecule has 3 rings (SSSR count). The molecule has 0 spiro atoms. The molecule has 13 nitrogen and oxygen atoms in total. The number of rotatable bonds is 7. The normalized spacial score (nSPS) is 23.2. The molecular weight excluding hydrogens is 405 g/mol. The van der Waals surface area contributed by atoms with Crippen molar-refractivity contribution in [2.75, 3.05) is 11.7 Å². The van der Waals surface area contributed by atoms with E-state index in [0.717, 1.165) is 4.57 Å². The van der Waals surface area contributed by atoms with Crippen molar-refractivity contribution in [3.8, 4) is 0 Å². The van der Waals surface area contributed by atoms with Crippen LogP contribution in [0.25, 0.3) is 10.4 Å². The van der Waals surface area contributed by atoms with Crippen LogP contribution in [-0.4, -0.2) is 38.2 Å². The van der Waals surface area contributed by atoms with Crippen molar-refractivity contribution >= 4 is 13.4 Å². The van der Waals surface area contributed by atoms with Crippen LogP contribution in [0, 0.1) is 6.92 Å². The van der Waals surface area contributed by atoms with Gasteiger partial charge in [0.15, 0.2) is 0 Å². The number of hydrogen-bond acceptors (Lipinski definition) is 7. The van der Waals surface area contributed by atoms with Crippen molar-refractivity contribution in [3.63, 3.8) is 0 Å². The van der Waals surface area contributed by atoms with Gasteiger partial charge in [0.05, 0.1) is 30.6 Å². The average Bonchev–Trinajstić information content (AvgIpc) is 3.07. The smallest absolute Gasteiger partial charge is 0.352 e. The summed E-state index contributed by atoms with van der Waals surface area (Å²) in [7, 11) is -4.27. The minimum Gasteiger partial charge on any atom is -0.352 e. The second-order valence-corrected chi connectivity index (χ2v) is 7.78. The van der Waals surface area contributed by atoms with Crippen LogP contribution < -0.4 is 16.3 Å². The van der Waals surface area contributed by atoms with Crippen molar-refractivity contribution in [2.45, 2.75) is 31.7 Å². The fourth-order valence-corrected chi connectivity index (χ4v) is 3.73. The fraction of sp³-hybridized carbons (Fsp3) is 0.400. The van der Waals surface area contributed by atoms with Gasteiger partial charge in [-0.25, -0.2) is 13.9 Å². The van der Waals surface area contributed by atoms with Crippen LogP contribution in [0.4, 0.5) is 5.69 Å². The molecule has 1 saturated heterocycles. The molecule has 0 aromatic carbocycles. The Hall–Kier alpha value is -2.95. The van der Waals surface area contributed by atoms with Crippen molar-refractivity contribution in [3.05, 3.63) is 67.6 Å². The summed E-state index contributed by atoms with van der Waals surface area (Å²) < 4.78 is 23.8. The van der Waals surface area contributed by atoms with Crippen LogP contribution in [-0.2, 0) is 13.8 Å². The first-order valence-corrected chi connectivity index (χ1v) is 10.0. The van der Waals surface area contributed by atoms with Gasteiger partial charge in [0.25, 0.3) is 5.56 Å². The van der Waals surface area contributed by atoms with Crippen molar-refractivity contribution in [2.24, 2.45) is 5.11 Å². The lowest BCUT2D eigenvalue weighted by Crippen LogP contribution is -2.39. The van der Waals surface area contributed by atoms with E-state index in [0.29, 0.717) is 5.56 Å². The molecular formula is C15H18N7O6P.